The van der Waals surface area contributed by atoms with Gasteiger partial charge in [0.2, 0.25) is 0 Å². The maximum Gasteiger partial charge on any atom is 0.118 e. The molecule has 2 aromatic rings. The van der Waals surface area contributed by atoms with Crippen molar-refractivity contribution in [2.45, 2.75) is 30.9 Å². The summed E-state index contributed by atoms with van der Waals surface area (Å²) in [5.74, 6) is 0.995. The molecule has 1 aliphatic heterocycles. The molecule has 0 bridgehead atoms. The van der Waals surface area contributed by atoms with Crippen LogP contribution in [0.25, 0.3) is 0 Å². The first kappa shape index (κ1) is 17.8. The number of halogens is 1. The number of hydrogen-bond acceptors (Lipinski definition) is 3. The number of ether oxygens (including phenoxy) is 1. The predicted molar refractivity (Wildman–Crippen MR) is 95.6 cm³/mol. The summed E-state index contributed by atoms with van der Waals surface area (Å²) in [7, 11) is 1.68. The van der Waals surface area contributed by atoms with E-state index in [2.05, 4.69) is 41.7 Å². The lowest BCUT2D eigenvalue weighted by atomic mass is 9.80. The van der Waals surface area contributed by atoms with Crippen LogP contribution in [0.2, 0.25) is 0 Å². The summed E-state index contributed by atoms with van der Waals surface area (Å²) >= 11 is 0. The Morgan fingerprint density at radius 1 is 1.04 bits per heavy atom. The van der Waals surface area contributed by atoms with Crippen LogP contribution in [0, 0.1) is 0 Å². The Kier molecular flexibility index (Phi) is 6.46. The van der Waals surface area contributed by atoms with Crippen molar-refractivity contribution in [3.63, 3.8) is 0 Å². The second-order valence-electron chi connectivity index (χ2n) is 5.85. The third kappa shape index (κ3) is 4.05. The molecular weight excluding hydrogens is 310 g/mol. The molecule has 1 saturated heterocycles. The number of aliphatic hydroxyl groups is 1. The van der Waals surface area contributed by atoms with Gasteiger partial charge in [0.25, 0.3) is 0 Å². The second-order valence-corrected chi connectivity index (χ2v) is 5.85. The normalized spacial score (nSPS) is 22.0. The first-order valence-electron chi connectivity index (χ1n) is 7.90. The van der Waals surface area contributed by atoms with Crippen molar-refractivity contribution in [1.82, 2.24) is 5.32 Å². The van der Waals surface area contributed by atoms with Crippen LogP contribution in [0.3, 0.4) is 0 Å². The molecule has 1 heterocycles. The van der Waals surface area contributed by atoms with E-state index in [0.29, 0.717) is 0 Å². The van der Waals surface area contributed by atoms with E-state index in [1.807, 2.05) is 18.2 Å². The van der Waals surface area contributed by atoms with E-state index < -0.39 is 0 Å². The molecule has 0 radical (unpaired) electrons. The van der Waals surface area contributed by atoms with Gasteiger partial charge in [-0.05, 0) is 42.6 Å². The lowest BCUT2D eigenvalue weighted by Crippen LogP contribution is -2.48. The third-order valence-corrected chi connectivity index (χ3v) is 4.46. The maximum absolute atomic E-state index is 10.5. The molecule has 3 unspecified atom stereocenters. The number of benzene rings is 2. The van der Waals surface area contributed by atoms with Gasteiger partial charge in [-0.15, -0.1) is 12.4 Å². The fourth-order valence-corrected chi connectivity index (χ4v) is 3.31. The first-order valence-corrected chi connectivity index (χ1v) is 7.90. The standard InChI is InChI=1S/C19H23NO2.ClH/c1-22-16-11-9-15(10-12-16)18(14-6-3-2-4-7-14)19-17(21)8-5-13-20-19;/h2-4,6-7,9-12,17-21H,5,8,13H2,1H3;1H. The summed E-state index contributed by atoms with van der Waals surface area (Å²) in [6.07, 6.45) is 1.57. The van der Waals surface area contributed by atoms with Crippen molar-refractivity contribution in [1.29, 1.82) is 0 Å². The molecule has 2 aromatic carbocycles. The van der Waals surface area contributed by atoms with E-state index in [1.54, 1.807) is 7.11 Å². The monoisotopic (exact) mass is 333 g/mol. The zero-order valence-corrected chi connectivity index (χ0v) is 14.1. The molecule has 1 aliphatic rings. The fourth-order valence-electron chi connectivity index (χ4n) is 3.31. The van der Waals surface area contributed by atoms with Crippen LogP contribution in [-0.4, -0.2) is 30.9 Å². The van der Waals surface area contributed by atoms with E-state index in [-0.39, 0.29) is 30.5 Å². The summed E-state index contributed by atoms with van der Waals surface area (Å²) in [5.41, 5.74) is 2.43. The number of rotatable bonds is 4. The average molecular weight is 334 g/mol. The molecule has 23 heavy (non-hydrogen) atoms. The van der Waals surface area contributed by atoms with Gasteiger partial charge >= 0.3 is 0 Å². The van der Waals surface area contributed by atoms with Gasteiger partial charge in [-0.1, -0.05) is 42.5 Å². The quantitative estimate of drug-likeness (QED) is 0.901. The van der Waals surface area contributed by atoms with Crippen LogP contribution in [0.4, 0.5) is 0 Å². The summed E-state index contributed by atoms with van der Waals surface area (Å²) in [6.45, 7) is 0.960. The lowest BCUT2D eigenvalue weighted by molar-refractivity contribution is 0.0890. The molecule has 3 atom stereocenters. The highest BCUT2D eigenvalue weighted by atomic mass is 35.5. The summed E-state index contributed by atoms with van der Waals surface area (Å²) < 4.78 is 5.26. The first-order chi connectivity index (χ1) is 10.8. The van der Waals surface area contributed by atoms with Crippen molar-refractivity contribution < 1.29 is 9.84 Å². The molecule has 0 saturated carbocycles. The van der Waals surface area contributed by atoms with Gasteiger partial charge in [-0.3, -0.25) is 0 Å². The highest BCUT2D eigenvalue weighted by Crippen LogP contribution is 2.32. The van der Waals surface area contributed by atoms with Gasteiger partial charge in [-0.2, -0.15) is 0 Å². The SMILES string of the molecule is COc1ccc(C(c2ccccc2)C2NCCCC2O)cc1.Cl. The number of nitrogens with one attached hydrogen (secondary N) is 1. The van der Waals surface area contributed by atoms with Crippen LogP contribution in [0.1, 0.15) is 29.9 Å². The smallest absolute Gasteiger partial charge is 0.118 e. The number of piperidine rings is 1. The number of aliphatic hydroxyl groups excluding tert-OH is 1. The van der Waals surface area contributed by atoms with Gasteiger partial charge in [0.15, 0.2) is 0 Å². The van der Waals surface area contributed by atoms with E-state index >= 15 is 0 Å². The van der Waals surface area contributed by atoms with E-state index in [9.17, 15) is 5.11 Å². The minimum atomic E-state index is -0.318. The zero-order valence-electron chi connectivity index (χ0n) is 13.3. The van der Waals surface area contributed by atoms with Gasteiger partial charge in [0.05, 0.1) is 13.2 Å². The number of methoxy groups -OCH3 is 1. The van der Waals surface area contributed by atoms with E-state index in [0.717, 1.165) is 25.1 Å². The molecule has 4 heteroatoms. The van der Waals surface area contributed by atoms with Crippen molar-refractivity contribution >= 4 is 12.4 Å². The van der Waals surface area contributed by atoms with Gasteiger partial charge in [0, 0.05) is 12.0 Å². The van der Waals surface area contributed by atoms with Crippen LogP contribution in [0.15, 0.2) is 54.6 Å². The molecule has 0 amide bonds. The van der Waals surface area contributed by atoms with Gasteiger partial charge in [0.1, 0.15) is 5.75 Å². The van der Waals surface area contributed by atoms with Crippen molar-refractivity contribution in [2.24, 2.45) is 0 Å². The minimum Gasteiger partial charge on any atom is -0.497 e. The predicted octanol–water partition coefficient (Wildman–Crippen LogP) is 3.36. The molecule has 0 aromatic heterocycles. The van der Waals surface area contributed by atoms with Gasteiger partial charge in [-0.25, -0.2) is 0 Å². The lowest BCUT2D eigenvalue weighted by Gasteiger charge is -2.36. The van der Waals surface area contributed by atoms with Crippen LogP contribution in [0.5, 0.6) is 5.75 Å². The fraction of sp³-hybridized carbons (Fsp3) is 0.368. The second kappa shape index (κ2) is 8.34. The summed E-state index contributed by atoms with van der Waals surface area (Å²) in [5, 5.41) is 14.0. The molecular formula is C19H24ClNO2. The third-order valence-electron chi connectivity index (χ3n) is 4.46. The van der Waals surface area contributed by atoms with Gasteiger partial charge < -0.3 is 15.2 Å². The zero-order chi connectivity index (χ0) is 15.4. The molecule has 3 nitrogen and oxygen atoms in total. The highest BCUT2D eigenvalue weighted by molar-refractivity contribution is 5.85. The molecule has 3 rings (SSSR count). The van der Waals surface area contributed by atoms with Crippen molar-refractivity contribution in [3.05, 3.63) is 65.7 Å². The topological polar surface area (TPSA) is 41.5 Å². The maximum atomic E-state index is 10.5. The molecule has 0 aliphatic carbocycles. The Bertz CT molecular complexity index is 588. The van der Waals surface area contributed by atoms with Crippen LogP contribution >= 0.6 is 12.4 Å². The largest absolute Gasteiger partial charge is 0.497 e. The number of hydrogen-bond donors (Lipinski definition) is 2. The van der Waals surface area contributed by atoms with Crippen molar-refractivity contribution in [3.8, 4) is 5.75 Å². The Hall–Kier alpha value is -1.55. The molecule has 124 valence electrons. The van der Waals surface area contributed by atoms with E-state index in [1.165, 1.54) is 11.1 Å². The van der Waals surface area contributed by atoms with E-state index in [4.69, 9.17) is 4.74 Å². The minimum absolute atomic E-state index is 0. The Morgan fingerprint density at radius 3 is 2.30 bits per heavy atom. The van der Waals surface area contributed by atoms with Crippen LogP contribution < -0.4 is 10.1 Å². The van der Waals surface area contributed by atoms with Crippen LogP contribution in [-0.2, 0) is 0 Å². The van der Waals surface area contributed by atoms with Crippen molar-refractivity contribution in [2.75, 3.05) is 13.7 Å². The Morgan fingerprint density at radius 2 is 1.70 bits per heavy atom. The molecule has 1 fully saturated rings. The highest BCUT2D eigenvalue weighted by Gasteiger charge is 2.32. The Balaban J connectivity index is 0.00000192. The summed E-state index contributed by atoms with van der Waals surface area (Å²) in [6, 6.07) is 18.6. The average Bonchev–Trinajstić information content (AvgIpc) is 2.58. The summed E-state index contributed by atoms with van der Waals surface area (Å²) in [4.78, 5) is 0. The Labute approximate surface area is 144 Å². The molecule has 2 N–H and O–H groups in total. The molecule has 0 spiro atoms.